The van der Waals surface area contributed by atoms with Crippen molar-refractivity contribution >= 4 is 27.3 Å². The number of carbonyl (C=O) groups excluding carboxylic acids is 1. The van der Waals surface area contributed by atoms with Gasteiger partial charge in [-0.15, -0.1) is 0 Å². The van der Waals surface area contributed by atoms with E-state index in [9.17, 15) is 26.4 Å². The van der Waals surface area contributed by atoms with Crippen LogP contribution in [0.3, 0.4) is 0 Å². The lowest BCUT2D eigenvalue weighted by molar-refractivity contribution is -0.137. The molecule has 190 valence electrons. The predicted octanol–water partition coefficient (Wildman–Crippen LogP) is 4.36. The van der Waals surface area contributed by atoms with Crippen molar-refractivity contribution in [3.05, 3.63) is 53.6 Å². The Morgan fingerprint density at radius 1 is 0.914 bits per heavy atom. The minimum atomic E-state index is -4.58. The number of nitrogens with one attached hydrogen (secondary N) is 1. The molecule has 0 bridgehead atoms. The molecule has 2 fully saturated rings. The number of nitrogens with zero attached hydrogens (tertiary/aromatic N) is 2. The number of benzene rings is 2. The summed E-state index contributed by atoms with van der Waals surface area (Å²) in [6, 6.07) is 8.74. The summed E-state index contributed by atoms with van der Waals surface area (Å²) in [5, 5.41) is 2.68. The number of amides is 1. The summed E-state index contributed by atoms with van der Waals surface area (Å²) in [6.07, 6.45) is -0.527. The van der Waals surface area contributed by atoms with Gasteiger partial charge in [0.05, 0.1) is 35.0 Å². The number of carbonyl (C=O) groups is 1. The lowest BCUT2D eigenvalue weighted by atomic mass is 10.1. The van der Waals surface area contributed by atoms with Crippen LogP contribution < -0.4 is 10.2 Å². The van der Waals surface area contributed by atoms with Gasteiger partial charge in [-0.25, -0.2) is 8.42 Å². The van der Waals surface area contributed by atoms with E-state index >= 15 is 0 Å². The molecule has 0 aliphatic carbocycles. The number of halogens is 3. The van der Waals surface area contributed by atoms with Crippen LogP contribution in [0.1, 0.15) is 41.6 Å². The molecule has 11 heteroatoms. The van der Waals surface area contributed by atoms with Crippen molar-refractivity contribution in [3.8, 4) is 0 Å². The zero-order chi connectivity index (χ0) is 25.1. The number of morpholine rings is 1. The fraction of sp³-hybridized carbons (Fsp3) is 0.458. The van der Waals surface area contributed by atoms with Crippen molar-refractivity contribution in [2.45, 2.75) is 36.8 Å². The van der Waals surface area contributed by atoms with Gasteiger partial charge in [-0.2, -0.15) is 17.5 Å². The lowest BCUT2D eigenvalue weighted by Crippen LogP contribution is -2.40. The smallest absolute Gasteiger partial charge is 0.379 e. The van der Waals surface area contributed by atoms with Crippen molar-refractivity contribution in [2.75, 3.05) is 49.6 Å². The summed E-state index contributed by atoms with van der Waals surface area (Å²) in [5.41, 5.74) is -0.193. The molecule has 0 saturated carbocycles. The maximum Gasteiger partial charge on any atom is 0.416 e. The van der Waals surface area contributed by atoms with E-state index in [0.29, 0.717) is 18.9 Å². The van der Waals surface area contributed by atoms with E-state index in [-0.39, 0.29) is 29.2 Å². The van der Waals surface area contributed by atoms with Gasteiger partial charge in [0, 0.05) is 31.7 Å². The number of sulfonamides is 1. The number of ether oxygens (including phenoxy) is 1. The Labute approximate surface area is 202 Å². The van der Waals surface area contributed by atoms with Gasteiger partial charge in [0.25, 0.3) is 5.91 Å². The Morgan fingerprint density at radius 2 is 1.60 bits per heavy atom. The van der Waals surface area contributed by atoms with Gasteiger partial charge in [0.2, 0.25) is 10.0 Å². The Morgan fingerprint density at radius 3 is 2.26 bits per heavy atom. The van der Waals surface area contributed by atoms with E-state index in [0.717, 1.165) is 50.9 Å². The van der Waals surface area contributed by atoms with Gasteiger partial charge < -0.3 is 15.0 Å². The molecule has 2 aliphatic heterocycles. The molecule has 0 atom stereocenters. The molecule has 0 spiro atoms. The Balaban J connectivity index is 1.69. The topological polar surface area (TPSA) is 79.0 Å². The van der Waals surface area contributed by atoms with Crippen LogP contribution in [0.2, 0.25) is 0 Å². The molecule has 1 N–H and O–H groups in total. The monoisotopic (exact) mass is 511 g/mol. The molecule has 1 amide bonds. The molecule has 35 heavy (non-hydrogen) atoms. The second-order valence-electron chi connectivity index (χ2n) is 8.63. The number of rotatable bonds is 5. The third-order valence-electron chi connectivity index (χ3n) is 6.22. The summed E-state index contributed by atoms with van der Waals surface area (Å²) >= 11 is 0. The normalized spacial score (nSPS) is 18.2. The molecule has 2 aliphatic rings. The first kappa shape index (κ1) is 25.5. The molecule has 4 rings (SSSR count). The maximum atomic E-state index is 13.2. The zero-order valence-corrected chi connectivity index (χ0v) is 20.0. The van der Waals surface area contributed by atoms with Crippen LogP contribution in [-0.4, -0.2) is 58.0 Å². The first-order chi connectivity index (χ1) is 16.7. The van der Waals surface area contributed by atoms with Gasteiger partial charge in [-0.3, -0.25) is 4.79 Å². The Bertz CT molecular complexity index is 1160. The molecule has 0 aromatic heterocycles. The second kappa shape index (κ2) is 10.5. The lowest BCUT2D eigenvalue weighted by Gasteiger charge is -2.28. The molecular formula is C24H28F3N3O4S. The summed E-state index contributed by atoms with van der Waals surface area (Å²) in [5.74, 6) is -0.743. The van der Waals surface area contributed by atoms with E-state index in [1.807, 2.05) is 0 Å². The van der Waals surface area contributed by atoms with E-state index < -0.39 is 27.7 Å². The highest BCUT2D eigenvalue weighted by atomic mass is 32.2. The third kappa shape index (κ3) is 5.96. The molecule has 2 aromatic rings. The Hall–Kier alpha value is -2.63. The molecule has 0 unspecified atom stereocenters. The van der Waals surface area contributed by atoms with Crippen LogP contribution in [0.15, 0.2) is 47.4 Å². The SMILES string of the molecule is O=C(Nc1cc(S(=O)(=O)N2CCOCC2)ccc1N1CCCCCC1)c1cccc(C(F)(F)F)c1. The summed E-state index contributed by atoms with van der Waals surface area (Å²) in [4.78, 5) is 15.1. The predicted molar refractivity (Wildman–Crippen MR) is 126 cm³/mol. The molecular weight excluding hydrogens is 483 g/mol. The quantitative estimate of drug-likeness (QED) is 0.646. The summed E-state index contributed by atoms with van der Waals surface area (Å²) in [7, 11) is -3.83. The van der Waals surface area contributed by atoms with Gasteiger partial charge in [0.1, 0.15) is 0 Å². The van der Waals surface area contributed by atoms with Crippen LogP contribution >= 0.6 is 0 Å². The molecule has 2 saturated heterocycles. The third-order valence-corrected chi connectivity index (χ3v) is 8.12. The van der Waals surface area contributed by atoms with Gasteiger partial charge >= 0.3 is 6.18 Å². The van der Waals surface area contributed by atoms with Crippen molar-refractivity contribution in [3.63, 3.8) is 0 Å². The maximum absolute atomic E-state index is 13.2. The highest BCUT2D eigenvalue weighted by molar-refractivity contribution is 7.89. The van der Waals surface area contributed by atoms with E-state index in [4.69, 9.17) is 4.74 Å². The van der Waals surface area contributed by atoms with E-state index in [2.05, 4.69) is 10.2 Å². The first-order valence-corrected chi connectivity index (χ1v) is 13.1. The number of hydrogen-bond acceptors (Lipinski definition) is 5. The van der Waals surface area contributed by atoms with Crippen molar-refractivity contribution in [2.24, 2.45) is 0 Å². The Kier molecular flexibility index (Phi) is 7.67. The largest absolute Gasteiger partial charge is 0.416 e. The average molecular weight is 512 g/mol. The first-order valence-electron chi connectivity index (χ1n) is 11.6. The molecule has 0 radical (unpaired) electrons. The van der Waals surface area contributed by atoms with E-state index in [1.165, 1.54) is 28.6 Å². The minimum absolute atomic E-state index is 0.0114. The highest BCUT2D eigenvalue weighted by Gasteiger charge is 2.31. The molecule has 7 nitrogen and oxygen atoms in total. The number of alkyl halides is 3. The van der Waals surface area contributed by atoms with Gasteiger partial charge in [0.15, 0.2) is 0 Å². The number of hydrogen-bond donors (Lipinski definition) is 1. The minimum Gasteiger partial charge on any atom is -0.379 e. The fourth-order valence-corrected chi connectivity index (χ4v) is 5.77. The number of anilines is 2. The average Bonchev–Trinajstić information content (AvgIpc) is 3.13. The molecule has 2 aromatic carbocycles. The van der Waals surface area contributed by atoms with Crippen LogP contribution in [0, 0.1) is 0 Å². The van der Waals surface area contributed by atoms with Crippen molar-refractivity contribution in [1.82, 2.24) is 4.31 Å². The van der Waals surface area contributed by atoms with Gasteiger partial charge in [-0.05, 0) is 49.2 Å². The van der Waals surface area contributed by atoms with Crippen LogP contribution in [-0.2, 0) is 20.9 Å². The fourth-order valence-electron chi connectivity index (χ4n) is 4.33. The van der Waals surface area contributed by atoms with Crippen molar-refractivity contribution in [1.29, 1.82) is 0 Å². The van der Waals surface area contributed by atoms with E-state index in [1.54, 1.807) is 6.07 Å². The van der Waals surface area contributed by atoms with Crippen LogP contribution in [0.4, 0.5) is 24.5 Å². The van der Waals surface area contributed by atoms with Gasteiger partial charge in [-0.1, -0.05) is 18.9 Å². The van der Waals surface area contributed by atoms with Crippen molar-refractivity contribution < 1.29 is 31.1 Å². The zero-order valence-electron chi connectivity index (χ0n) is 19.2. The summed E-state index contributed by atoms with van der Waals surface area (Å²) < 4.78 is 72.4. The van der Waals surface area contributed by atoms with Crippen LogP contribution in [0.5, 0.6) is 0 Å². The molecule has 2 heterocycles. The standard InChI is InChI=1S/C24H28F3N3O4S/c25-24(26,27)19-7-5-6-18(16-19)23(31)28-21-17-20(35(32,33)30-12-14-34-15-13-30)8-9-22(21)29-10-3-1-2-4-11-29/h5-9,16-17H,1-4,10-15H2,(H,28,31). The summed E-state index contributed by atoms with van der Waals surface area (Å²) in [6.45, 7) is 2.52. The van der Waals surface area contributed by atoms with Crippen LogP contribution in [0.25, 0.3) is 0 Å². The second-order valence-corrected chi connectivity index (χ2v) is 10.6. The highest BCUT2D eigenvalue weighted by Crippen LogP contribution is 2.33.